The lowest BCUT2D eigenvalue weighted by molar-refractivity contribution is -0.125. The quantitative estimate of drug-likeness (QED) is 0.271. The number of Topliss-reactive ketones (excluding diaryl/α,β-unsaturated/α-hetero) is 1. The van der Waals surface area contributed by atoms with E-state index >= 15 is 0 Å². The van der Waals surface area contributed by atoms with Crippen LogP contribution in [0.4, 0.5) is 0 Å². The van der Waals surface area contributed by atoms with Crippen molar-refractivity contribution in [2.24, 2.45) is 0 Å². The van der Waals surface area contributed by atoms with Gasteiger partial charge < -0.3 is 14.6 Å². The molecule has 174 valence electrons. The van der Waals surface area contributed by atoms with E-state index < -0.39 is 11.7 Å². The van der Waals surface area contributed by atoms with Gasteiger partial charge in [-0.3, -0.25) is 9.59 Å². The Morgan fingerprint density at radius 3 is 2.69 bits per heavy atom. The van der Waals surface area contributed by atoms with Gasteiger partial charge >= 0.3 is 0 Å². The number of carbonyl (C=O) groups is 2. The molecule has 1 aromatic carbocycles. The summed E-state index contributed by atoms with van der Waals surface area (Å²) in [6, 6.07) is 11.6. The molecule has 10 heteroatoms. The molecule has 0 aliphatic carbocycles. The van der Waals surface area contributed by atoms with E-state index in [1.54, 1.807) is 6.92 Å². The minimum absolute atomic E-state index is 0.184. The molecule has 1 fully saturated rings. The second kappa shape index (κ2) is 8.87. The van der Waals surface area contributed by atoms with Crippen molar-refractivity contribution in [1.82, 2.24) is 29.6 Å². The fraction of sp³-hybridized carbons (Fsp3) is 0.200. The van der Waals surface area contributed by atoms with Crippen molar-refractivity contribution in [2.75, 3.05) is 20.2 Å². The van der Waals surface area contributed by atoms with Gasteiger partial charge in [0, 0.05) is 19.3 Å². The van der Waals surface area contributed by atoms with Crippen molar-refractivity contribution in [3.8, 4) is 17.6 Å². The molecule has 4 heterocycles. The fourth-order valence-corrected chi connectivity index (χ4v) is 4.31. The van der Waals surface area contributed by atoms with Gasteiger partial charge in [0.05, 0.1) is 41.4 Å². The number of nitrogens with zero attached hydrogens (tertiary/aromatic N) is 6. The van der Waals surface area contributed by atoms with Gasteiger partial charge in [-0.2, -0.15) is 10.4 Å². The lowest BCUT2D eigenvalue weighted by Gasteiger charge is -2.14. The van der Waals surface area contributed by atoms with E-state index in [0.29, 0.717) is 46.8 Å². The number of ketones is 1. The number of aromatic amines is 1. The Morgan fingerprint density at radius 2 is 2.00 bits per heavy atom. The third-order valence-electron chi connectivity index (χ3n) is 6.02. The molecule has 1 aliphatic rings. The first kappa shape index (κ1) is 22.0. The van der Waals surface area contributed by atoms with Crippen molar-refractivity contribution in [2.45, 2.75) is 13.3 Å². The van der Waals surface area contributed by atoms with Gasteiger partial charge in [-0.25, -0.2) is 14.6 Å². The first-order valence-electron chi connectivity index (χ1n) is 11.0. The van der Waals surface area contributed by atoms with Crippen LogP contribution in [0.5, 0.6) is 5.75 Å². The number of aromatic nitrogens is 5. The highest BCUT2D eigenvalue weighted by atomic mass is 16.5. The molecule has 0 unspecified atom stereocenters. The van der Waals surface area contributed by atoms with E-state index in [2.05, 4.69) is 26.1 Å². The number of ether oxygens (including phenoxy) is 1. The average molecular weight is 467 g/mol. The van der Waals surface area contributed by atoms with Crippen LogP contribution in [-0.2, 0) is 4.79 Å². The zero-order chi connectivity index (χ0) is 24.5. The zero-order valence-corrected chi connectivity index (χ0v) is 19.1. The van der Waals surface area contributed by atoms with Crippen LogP contribution in [0.15, 0.2) is 54.6 Å². The largest absolute Gasteiger partial charge is 0.494 e. The van der Waals surface area contributed by atoms with Crippen molar-refractivity contribution < 1.29 is 14.3 Å². The van der Waals surface area contributed by atoms with Gasteiger partial charge in [-0.15, -0.1) is 0 Å². The molecule has 5 rings (SSSR count). The number of pyridine rings is 1. The van der Waals surface area contributed by atoms with E-state index in [1.165, 1.54) is 35.4 Å². The maximum Gasteiger partial charge on any atom is 0.295 e. The Balaban J connectivity index is 1.48. The standard InChI is InChI=1S/C25H21N7O3/c1-15-29-14-32(30-15)24-22-21(20(35-2)12-28-24)19(11-27-22)23(33)25(34)31-9-8-17(13-31)18(10-26)16-6-4-3-5-7-16/h3-7,11-12,14,27H,8-9,13H2,1-2H3. The molecule has 0 atom stereocenters. The average Bonchev–Trinajstić information content (AvgIpc) is 3.64. The number of hydrogen-bond acceptors (Lipinski definition) is 7. The summed E-state index contributed by atoms with van der Waals surface area (Å²) in [7, 11) is 1.48. The Hall–Kier alpha value is -4.78. The van der Waals surface area contributed by atoms with Crippen LogP contribution < -0.4 is 4.74 Å². The predicted octanol–water partition coefficient (Wildman–Crippen LogP) is 2.85. The fourth-order valence-electron chi connectivity index (χ4n) is 4.31. The van der Waals surface area contributed by atoms with E-state index in [-0.39, 0.29) is 12.1 Å². The van der Waals surface area contributed by atoms with Gasteiger partial charge in [0.1, 0.15) is 17.9 Å². The number of nitriles is 1. The summed E-state index contributed by atoms with van der Waals surface area (Å²) in [5.74, 6) is 0.0554. The highest BCUT2D eigenvalue weighted by Crippen LogP contribution is 2.32. The van der Waals surface area contributed by atoms with Crippen LogP contribution in [0.1, 0.15) is 28.2 Å². The number of hydrogen-bond donors (Lipinski definition) is 1. The van der Waals surface area contributed by atoms with Gasteiger partial charge in [-0.1, -0.05) is 30.3 Å². The number of likely N-dealkylation sites (tertiary alicyclic amines) is 1. The third kappa shape index (κ3) is 3.83. The Morgan fingerprint density at radius 1 is 1.20 bits per heavy atom. The SMILES string of the molecule is COc1cnc(-n2cnc(C)n2)c2[nH]cc(C(=O)C(=O)N3CCC(=C(C#N)c4ccccc4)C3)c12. The molecular weight excluding hydrogens is 446 g/mol. The Labute approximate surface area is 200 Å². The Kier molecular flexibility index (Phi) is 5.58. The molecule has 0 spiro atoms. The monoisotopic (exact) mass is 467 g/mol. The molecule has 35 heavy (non-hydrogen) atoms. The molecular formula is C25H21N7O3. The minimum Gasteiger partial charge on any atom is -0.494 e. The number of rotatable bonds is 5. The molecule has 0 bridgehead atoms. The van der Waals surface area contributed by atoms with Crippen LogP contribution in [0.3, 0.4) is 0 Å². The molecule has 1 aliphatic heterocycles. The van der Waals surface area contributed by atoms with Gasteiger partial charge in [0.25, 0.3) is 11.7 Å². The summed E-state index contributed by atoms with van der Waals surface area (Å²) in [6.07, 6.45) is 5.03. The molecule has 0 radical (unpaired) electrons. The summed E-state index contributed by atoms with van der Waals surface area (Å²) in [6.45, 7) is 2.35. The summed E-state index contributed by atoms with van der Waals surface area (Å²) < 4.78 is 6.94. The van der Waals surface area contributed by atoms with Crippen molar-refractivity contribution in [3.63, 3.8) is 0 Å². The number of amides is 1. The number of carbonyl (C=O) groups excluding carboxylic acids is 2. The second-order valence-corrected chi connectivity index (χ2v) is 8.10. The minimum atomic E-state index is -0.666. The third-order valence-corrected chi connectivity index (χ3v) is 6.02. The van der Waals surface area contributed by atoms with E-state index in [0.717, 1.165) is 11.1 Å². The van der Waals surface area contributed by atoms with E-state index in [9.17, 15) is 14.9 Å². The molecule has 10 nitrogen and oxygen atoms in total. The van der Waals surface area contributed by atoms with E-state index in [4.69, 9.17) is 4.74 Å². The first-order chi connectivity index (χ1) is 17.0. The highest BCUT2D eigenvalue weighted by Gasteiger charge is 2.32. The smallest absolute Gasteiger partial charge is 0.295 e. The molecule has 1 N–H and O–H groups in total. The maximum absolute atomic E-state index is 13.3. The molecule has 0 saturated carbocycles. The lowest BCUT2D eigenvalue weighted by atomic mass is 10.0. The number of benzene rings is 1. The van der Waals surface area contributed by atoms with Crippen LogP contribution in [0, 0.1) is 18.3 Å². The molecule has 4 aromatic rings. The van der Waals surface area contributed by atoms with Crippen LogP contribution in [0.2, 0.25) is 0 Å². The molecule has 1 saturated heterocycles. The van der Waals surface area contributed by atoms with Crippen molar-refractivity contribution >= 4 is 28.2 Å². The van der Waals surface area contributed by atoms with Gasteiger partial charge in [-0.05, 0) is 24.5 Å². The molecule has 1 amide bonds. The van der Waals surface area contributed by atoms with Crippen LogP contribution in [0.25, 0.3) is 22.3 Å². The number of methoxy groups -OCH3 is 1. The van der Waals surface area contributed by atoms with Crippen LogP contribution in [-0.4, -0.2) is 61.5 Å². The van der Waals surface area contributed by atoms with Gasteiger partial charge in [0.2, 0.25) is 0 Å². The topological polar surface area (TPSA) is 130 Å². The number of aryl methyl sites for hydroxylation is 1. The summed E-state index contributed by atoms with van der Waals surface area (Å²) in [5.41, 5.74) is 2.87. The van der Waals surface area contributed by atoms with Crippen LogP contribution >= 0.6 is 0 Å². The predicted molar refractivity (Wildman–Crippen MR) is 127 cm³/mol. The normalized spacial score (nSPS) is 14.7. The highest BCUT2D eigenvalue weighted by molar-refractivity contribution is 6.45. The second-order valence-electron chi connectivity index (χ2n) is 8.10. The lowest BCUT2D eigenvalue weighted by Crippen LogP contribution is -2.34. The number of allylic oxidation sites excluding steroid dienone is 1. The van der Waals surface area contributed by atoms with Crippen molar-refractivity contribution in [3.05, 3.63) is 71.6 Å². The molecule has 3 aromatic heterocycles. The number of nitrogens with one attached hydrogen (secondary N) is 1. The Bertz CT molecular complexity index is 1530. The maximum atomic E-state index is 13.3. The summed E-state index contributed by atoms with van der Waals surface area (Å²) in [5, 5.41) is 14.4. The first-order valence-corrected chi connectivity index (χ1v) is 11.0. The summed E-state index contributed by atoms with van der Waals surface area (Å²) >= 11 is 0. The zero-order valence-electron chi connectivity index (χ0n) is 19.1. The summed E-state index contributed by atoms with van der Waals surface area (Å²) in [4.78, 5) is 39.6. The number of fused-ring (bicyclic) bond motifs is 1. The van der Waals surface area contributed by atoms with Gasteiger partial charge in [0.15, 0.2) is 5.82 Å². The number of H-pyrrole nitrogens is 1. The van der Waals surface area contributed by atoms with Crippen molar-refractivity contribution in [1.29, 1.82) is 5.26 Å². The van der Waals surface area contributed by atoms with E-state index in [1.807, 2.05) is 30.3 Å².